The summed E-state index contributed by atoms with van der Waals surface area (Å²) in [4.78, 5) is 14.3. The number of benzene rings is 2. The fourth-order valence-electron chi connectivity index (χ4n) is 4.13. The van der Waals surface area contributed by atoms with E-state index in [4.69, 9.17) is 9.97 Å². The molecule has 0 aliphatic carbocycles. The summed E-state index contributed by atoms with van der Waals surface area (Å²) in [6, 6.07) is 19.5. The van der Waals surface area contributed by atoms with Crippen molar-refractivity contribution in [1.82, 2.24) is 19.8 Å². The molecule has 0 saturated carbocycles. The molecule has 2 aromatic carbocycles. The van der Waals surface area contributed by atoms with Crippen molar-refractivity contribution in [3.05, 3.63) is 60.2 Å². The molecule has 2 N–H and O–H groups in total. The van der Waals surface area contributed by atoms with Gasteiger partial charge in [0, 0.05) is 37.6 Å². The Bertz CT molecular complexity index is 951. The van der Waals surface area contributed by atoms with E-state index in [-0.39, 0.29) is 0 Å². The van der Waals surface area contributed by atoms with Crippen molar-refractivity contribution in [1.29, 1.82) is 0 Å². The van der Waals surface area contributed by atoms with E-state index in [1.165, 1.54) is 5.56 Å². The summed E-state index contributed by atoms with van der Waals surface area (Å²) in [7, 11) is 4.19. The Morgan fingerprint density at radius 1 is 0.968 bits per heavy atom. The second kappa shape index (κ2) is 10.6. The van der Waals surface area contributed by atoms with Crippen LogP contribution < -0.4 is 10.6 Å². The molecule has 1 aliphatic heterocycles. The van der Waals surface area contributed by atoms with Crippen molar-refractivity contribution in [2.75, 3.05) is 50.9 Å². The Labute approximate surface area is 185 Å². The van der Waals surface area contributed by atoms with E-state index in [2.05, 4.69) is 83.1 Å². The van der Waals surface area contributed by atoms with E-state index in [1.807, 2.05) is 6.07 Å². The fourth-order valence-corrected chi connectivity index (χ4v) is 4.13. The first-order valence-electron chi connectivity index (χ1n) is 11.4. The summed E-state index contributed by atoms with van der Waals surface area (Å²) in [5.41, 5.74) is 2.37. The predicted octanol–water partition coefficient (Wildman–Crippen LogP) is 4.07. The molecule has 4 rings (SSSR count). The molecule has 2 heterocycles. The van der Waals surface area contributed by atoms with Crippen LogP contribution in [0.15, 0.2) is 54.6 Å². The highest BCUT2D eigenvalue weighted by atomic mass is 15.2. The summed E-state index contributed by atoms with van der Waals surface area (Å²) < 4.78 is 0. The fraction of sp³-hybridized carbons (Fsp3) is 0.440. The lowest BCUT2D eigenvalue weighted by Crippen LogP contribution is -2.38. The van der Waals surface area contributed by atoms with Gasteiger partial charge in [-0.15, -0.1) is 0 Å². The van der Waals surface area contributed by atoms with Crippen molar-refractivity contribution in [3.63, 3.8) is 0 Å². The van der Waals surface area contributed by atoms with E-state index in [9.17, 15) is 0 Å². The SMILES string of the molecule is CN(C)CCCNc1nc(NC2CCN(Cc3ccccc3)CC2)c2ccccc2n1. The average molecular weight is 419 g/mol. The smallest absolute Gasteiger partial charge is 0.225 e. The van der Waals surface area contributed by atoms with E-state index in [0.717, 1.165) is 68.7 Å². The van der Waals surface area contributed by atoms with Crippen LogP contribution in [-0.2, 0) is 6.54 Å². The van der Waals surface area contributed by atoms with Crippen molar-refractivity contribution >= 4 is 22.7 Å². The second-order valence-electron chi connectivity index (χ2n) is 8.68. The van der Waals surface area contributed by atoms with Gasteiger partial charge in [-0.25, -0.2) is 4.98 Å². The van der Waals surface area contributed by atoms with Gasteiger partial charge in [-0.05, 0) is 57.6 Å². The molecule has 6 heteroatoms. The summed E-state index contributed by atoms with van der Waals surface area (Å²) in [5, 5.41) is 8.23. The predicted molar refractivity (Wildman–Crippen MR) is 130 cm³/mol. The Hall–Kier alpha value is -2.70. The van der Waals surface area contributed by atoms with Gasteiger partial charge < -0.3 is 15.5 Å². The number of fused-ring (bicyclic) bond motifs is 1. The third-order valence-corrected chi connectivity index (χ3v) is 5.85. The quantitative estimate of drug-likeness (QED) is 0.511. The molecule has 1 aliphatic rings. The zero-order chi connectivity index (χ0) is 21.5. The Morgan fingerprint density at radius 3 is 2.48 bits per heavy atom. The Kier molecular flexibility index (Phi) is 7.33. The van der Waals surface area contributed by atoms with Gasteiger partial charge >= 0.3 is 0 Å². The molecule has 0 bridgehead atoms. The first-order valence-corrected chi connectivity index (χ1v) is 11.4. The number of likely N-dealkylation sites (tertiary alicyclic amines) is 1. The lowest BCUT2D eigenvalue weighted by Gasteiger charge is -2.32. The van der Waals surface area contributed by atoms with Crippen molar-refractivity contribution in [2.45, 2.75) is 31.8 Å². The first kappa shape index (κ1) is 21.5. The van der Waals surface area contributed by atoms with Crippen LogP contribution in [-0.4, -0.2) is 66.1 Å². The van der Waals surface area contributed by atoms with E-state index in [1.54, 1.807) is 0 Å². The molecule has 6 nitrogen and oxygen atoms in total. The summed E-state index contributed by atoms with van der Waals surface area (Å²) in [6.45, 7) is 5.16. The number of aromatic nitrogens is 2. The minimum atomic E-state index is 0.437. The average Bonchev–Trinajstić information content (AvgIpc) is 2.79. The molecule has 0 amide bonds. The largest absolute Gasteiger partial charge is 0.367 e. The zero-order valence-corrected chi connectivity index (χ0v) is 18.7. The highest BCUT2D eigenvalue weighted by molar-refractivity contribution is 5.90. The molecule has 1 saturated heterocycles. The number of hydrogen-bond acceptors (Lipinski definition) is 6. The number of piperidine rings is 1. The van der Waals surface area contributed by atoms with E-state index in [0.29, 0.717) is 12.0 Å². The van der Waals surface area contributed by atoms with Gasteiger partial charge in [0.25, 0.3) is 0 Å². The van der Waals surface area contributed by atoms with Crippen LogP contribution in [0.3, 0.4) is 0 Å². The van der Waals surface area contributed by atoms with Crippen LogP contribution in [0.5, 0.6) is 0 Å². The van der Waals surface area contributed by atoms with Gasteiger partial charge in [-0.3, -0.25) is 4.90 Å². The Morgan fingerprint density at radius 2 is 1.71 bits per heavy atom. The number of para-hydroxylation sites is 1. The first-order chi connectivity index (χ1) is 15.2. The molecule has 1 fully saturated rings. The summed E-state index contributed by atoms with van der Waals surface area (Å²) in [6.07, 6.45) is 3.30. The number of anilines is 2. The molecule has 1 aromatic heterocycles. The maximum Gasteiger partial charge on any atom is 0.225 e. The van der Waals surface area contributed by atoms with Gasteiger partial charge in [-0.1, -0.05) is 42.5 Å². The van der Waals surface area contributed by atoms with Crippen molar-refractivity contribution in [3.8, 4) is 0 Å². The van der Waals surface area contributed by atoms with Gasteiger partial charge in [-0.2, -0.15) is 4.98 Å². The monoisotopic (exact) mass is 418 g/mol. The van der Waals surface area contributed by atoms with Crippen LogP contribution in [0.4, 0.5) is 11.8 Å². The standard InChI is InChI=1S/C25H34N6/c1-30(2)16-8-15-26-25-28-23-12-7-6-11-22(23)24(29-25)27-21-13-17-31(18-14-21)19-20-9-4-3-5-10-20/h3-7,9-12,21H,8,13-19H2,1-2H3,(H2,26,27,28,29). The summed E-state index contributed by atoms with van der Waals surface area (Å²) >= 11 is 0. The molecule has 164 valence electrons. The maximum atomic E-state index is 4.84. The van der Waals surface area contributed by atoms with Crippen LogP contribution >= 0.6 is 0 Å². The Balaban J connectivity index is 1.38. The minimum absolute atomic E-state index is 0.437. The van der Waals surface area contributed by atoms with E-state index >= 15 is 0 Å². The van der Waals surface area contributed by atoms with Crippen LogP contribution in [0.2, 0.25) is 0 Å². The highest BCUT2D eigenvalue weighted by Crippen LogP contribution is 2.25. The van der Waals surface area contributed by atoms with Crippen molar-refractivity contribution < 1.29 is 0 Å². The normalized spacial score (nSPS) is 15.5. The third-order valence-electron chi connectivity index (χ3n) is 5.85. The molecule has 3 aromatic rings. The maximum absolute atomic E-state index is 4.84. The third kappa shape index (κ3) is 6.15. The van der Waals surface area contributed by atoms with Gasteiger partial charge in [0.05, 0.1) is 5.52 Å². The van der Waals surface area contributed by atoms with Crippen LogP contribution in [0.1, 0.15) is 24.8 Å². The number of nitrogens with one attached hydrogen (secondary N) is 2. The minimum Gasteiger partial charge on any atom is -0.367 e. The zero-order valence-electron chi connectivity index (χ0n) is 18.7. The van der Waals surface area contributed by atoms with Gasteiger partial charge in [0.2, 0.25) is 5.95 Å². The molecule has 0 radical (unpaired) electrons. The summed E-state index contributed by atoms with van der Waals surface area (Å²) in [5.74, 6) is 1.66. The number of rotatable bonds is 9. The van der Waals surface area contributed by atoms with E-state index < -0.39 is 0 Å². The van der Waals surface area contributed by atoms with Crippen LogP contribution in [0.25, 0.3) is 10.9 Å². The lowest BCUT2D eigenvalue weighted by molar-refractivity contribution is 0.211. The second-order valence-corrected chi connectivity index (χ2v) is 8.68. The molecule has 0 unspecified atom stereocenters. The van der Waals surface area contributed by atoms with Crippen LogP contribution in [0, 0.1) is 0 Å². The topological polar surface area (TPSA) is 56.3 Å². The lowest BCUT2D eigenvalue weighted by atomic mass is 10.0. The molecular formula is C25H34N6. The van der Waals surface area contributed by atoms with Gasteiger partial charge in [0.1, 0.15) is 5.82 Å². The van der Waals surface area contributed by atoms with Crippen molar-refractivity contribution in [2.24, 2.45) is 0 Å². The van der Waals surface area contributed by atoms with Gasteiger partial charge in [0.15, 0.2) is 0 Å². The molecule has 0 spiro atoms. The molecule has 0 atom stereocenters. The molecule has 31 heavy (non-hydrogen) atoms. The molecular weight excluding hydrogens is 384 g/mol. The number of hydrogen-bond donors (Lipinski definition) is 2. The highest BCUT2D eigenvalue weighted by Gasteiger charge is 2.20. The number of nitrogens with zero attached hydrogens (tertiary/aromatic N) is 4.